The van der Waals surface area contributed by atoms with Crippen LogP contribution in [0.15, 0.2) is 0 Å². The highest BCUT2D eigenvalue weighted by molar-refractivity contribution is 5.79. The van der Waals surface area contributed by atoms with Gasteiger partial charge in [-0.05, 0) is 38.3 Å². The van der Waals surface area contributed by atoms with Crippen molar-refractivity contribution in [1.82, 2.24) is 10.2 Å². The Morgan fingerprint density at radius 1 is 1.53 bits per heavy atom. The van der Waals surface area contributed by atoms with Crippen molar-refractivity contribution in [2.75, 3.05) is 33.2 Å². The minimum atomic E-state index is -0.0405. The number of nitrogens with two attached hydrogens (primary N) is 1. The van der Waals surface area contributed by atoms with Gasteiger partial charge in [0.15, 0.2) is 0 Å². The SMILES string of the molecule is CC(C)C(CN)C(=O)NCCC1CCN(C)C1. The number of nitrogens with one attached hydrogen (secondary N) is 1. The molecule has 0 spiro atoms. The van der Waals surface area contributed by atoms with E-state index in [1.54, 1.807) is 0 Å². The van der Waals surface area contributed by atoms with Crippen LogP contribution in [0.2, 0.25) is 0 Å². The van der Waals surface area contributed by atoms with Gasteiger partial charge in [-0.2, -0.15) is 0 Å². The zero-order valence-electron chi connectivity index (χ0n) is 11.4. The molecule has 4 nitrogen and oxygen atoms in total. The van der Waals surface area contributed by atoms with Crippen LogP contribution in [0.25, 0.3) is 0 Å². The summed E-state index contributed by atoms with van der Waals surface area (Å²) in [6, 6.07) is 0. The van der Waals surface area contributed by atoms with E-state index in [1.807, 2.05) is 13.8 Å². The fraction of sp³-hybridized carbons (Fsp3) is 0.923. The topological polar surface area (TPSA) is 58.4 Å². The lowest BCUT2D eigenvalue weighted by Crippen LogP contribution is -2.38. The molecule has 0 saturated carbocycles. The first-order chi connectivity index (χ1) is 8.04. The van der Waals surface area contributed by atoms with Crippen LogP contribution in [0.1, 0.15) is 26.7 Å². The molecule has 0 aromatic heterocycles. The fourth-order valence-electron chi connectivity index (χ4n) is 2.47. The third-order valence-corrected chi connectivity index (χ3v) is 3.74. The summed E-state index contributed by atoms with van der Waals surface area (Å²) in [5.41, 5.74) is 5.62. The Morgan fingerprint density at radius 2 is 2.24 bits per heavy atom. The summed E-state index contributed by atoms with van der Waals surface area (Å²) >= 11 is 0. The minimum absolute atomic E-state index is 0.0405. The lowest BCUT2D eigenvalue weighted by Gasteiger charge is -2.19. The summed E-state index contributed by atoms with van der Waals surface area (Å²) in [4.78, 5) is 14.2. The van der Waals surface area contributed by atoms with Crippen LogP contribution in [0.3, 0.4) is 0 Å². The first kappa shape index (κ1) is 14.5. The van der Waals surface area contributed by atoms with E-state index in [0.717, 1.165) is 18.9 Å². The second-order valence-corrected chi connectivity index (χ2v) is 5.58. The number of hydrogen-bond acceptors (Lipinski definition) is 3. The van der Waals surface area contributed by atoms with Gasteiger partial charge in [-0.25, -0.2) is 0 Å². The van der Waals surface area contributed by atoms with Crippen LogP contribution in [0, 0.1) is 17.8 Å². The summed E-state index contributed by atoms with van der Waals surface area (Å²) in [6.07, 6.45) is 2.35. The van der Waals surface area contributed by atoms with Gasteiger partial charge in [0, 0.05) is 19.6 Å². The van der Waals surface area contributed by atoms with Gasteiger partial charge in [0.25, 0.3) is 0 Å². The highest BCUT2D eigenvalue weighted by Crippen LogP contribution is 2.17. The molecule has 1 fully saturated rings. The number of likely N-dealkylation sites (tertiary alicyclic amines) is 1. The molecule has 17 heavy (non-hydrogen) atoms. The van der Waals surface area contributed by atoms with Crippen molar-refractivity contribution in [1.29, 1.82) is 0 Å². The third-order valence-electron chi connectivity index (χ3n) is 3.74. The Morgan fingerprint density at radius 3 is 2.71 bits per heavy atom. The predicted octanol–water partition coefficient (Wildman–Crippen LogP) is 0.675. The third kappa shape index (κ3) is 4.64. The molecule has 1 aliphatic heterocycles. The monoisotopic (exact) mass is 241 g/mol. The molecule has 0 aliphatic carbocycles. The molecule has 1 saturated heterocycles. The van der Waals surface area contributed by atoms with Crippen molar-refractivity contribution >= 4 is 5.91 Å². The predicted molar refractivity (Wildman–Crippen MR) is 70.6 cm³/mol. The lowest BCUT2D eigenvalue weighted by atomic mass is 9.95. The van der Waals surface area contributed by atoms with Gasteiger partial charge in [0.05, 0.1) is 5.92 Å². The first-order valence-electron chi connectivity index (χ1n) is 6.71. The van der Waals surface area contributed by atoms with E-state index in [0.29, 0.717) is 12.5 Å². The van der Waals surface area contributed by atoms with Crippen molar-refractivity contribution in [3.05, 3.63) is 0 Å². The van der Waals surface area contributed by atoms with Gasteiger partial charge >= 0.3 is 0 Å². The van der Waals surface area contributed by atoms with E-state index in [-0.39, 0.29) is 11.8 Å². The summed E-state index contributed by atoms with van der Waals surface area (Å²) in [5.74, 6) is 1.14. The summed E-state index contributed by atoms with van der Waals surface area (Å²) in [7, 11) is 2.15. The van der Waals surface area contributed by atoms with Gasteiger partial charge < -0.3 is 16.0 Å². The molecule has 1 heterocycles. The molecule has 100 valence electrons. The number of carbonyl (C=O) groups excluding carboxylic acids is 1. The maximum absolute atomic E-state index is 11.9. The maximum atomic E-state index is 11.9. The second-order valence-electron chi connectivity index (χ2n) is 5.58. The summed E-state index contributed by atoms with van der Waals surface area (Å²) in [6.45, 7) is 7.68. The van der Waals surface area contributed by atoms with Gasteiger partial charge in [-0.1, -0.05) is 13.8 Å². The fourth-order valence-corrected chi connectivity index (χ4v) is 2.47. The largest absolute Gasteiger partial charge is 0.356 e. The molecular weight excluding hydrogens is 214 g/mol. The number of amides is 1. The molecule has 1 rings (SSSR count). The van der Waals surface area contributed by atoms with Gasteiger partial charge in [0.1, 0.15) is 0 Å². The minimum Gasteiger partial charge on any atom is -0.356 e. The number of hydrogen-bond donors (Lipinski definition) is 2. The molecule has 3 N–H and O–H groups in total. The van der Waals surface area contributed by atoms with Gasteiger partial charge in [0.2, 0.25) is 5.91 Å². The van der Waals surface area contributed by atoms with Crippen LogP contribution in [0.4, 0.5) is 0 Å². The standard InChI is InChI=1S/C13H27N3O/c1-10(2)12(8-14)13(17)15-6-4-11-5-7-16(3)9-11/h10-12H,4-9,14H2,1-3H3,(H,15,17). The molecule has 4 heteroatoms. The van der Waals surface area contributed by atoms with Crippen molar-refractivity contribution < 1.29 is 4.79 Å². The molecule has 1 aliphatic rings. The van der Waals surface area contributed by atoms with Crippen LogP contribution in [-0.2, 0) is 4.79 Å². The van der Waals surface area contributed by atoms with Gasteiger partial charge in [-0.3, -0.25) is 4.79 Å². The van der Waals surface area contributed by atoms with Crippen molar-refractivity contribution in [2.45, 2.75) is 26.7 Å². The maximum Gasteiger partial charge on any atom is 0.224 e. The highest BCUT2D eigenvalue weighted by atomic mass is 16.1. The Hall–Kier alpha value is -0.610. The Balaban J connectivity index is 2.19. The molecule has 1 amide bonds. The van der Waals surface area contributed by atoms with Crippen molar-refractivity contribution in [3.8, 4) is 0 Å². The quantitative estimate of drug-likeness (QED) is 0.719. The van der Waals surface area contributed by atoms with E-state index >= 15 is 0 Å². The van der Waals surface area contributed by atoms with Gasteiger partial charge in [-0.15, -0.1) is 0 Å². The molecular formula is C13H27N3O. The Bertz CT molecular complexity index is 243. The molecule has 2 atom stereocenters. The first-order valence-corrected chi connectivity index (χ1v) is 6.71. The zero-order valence-corrected chi connectivity index (χ0v) is 11.4. The van der Waals surface area contributed by atoms with Crippen LogP contribution in [-0.4, -0.2) is 44.0 Å². The molecule has 0 aromatic carbocycles. The molecule has 2 unspecified atom stereocenters. The molecule has 0 bridgehead atoms. The van der Waals surface area contributed by atoms with E-state index in [2.05, 4.69) is 17.3 Å². The van der Waals surface area contributed by atoms with Crippen molar-refractivity contribution in [3.63, 3.8) is 0 Å². The number of nitrogens with zero attached hydrogens (tertiary/aromatic N) is 1. The van der Waals surface area contributed by atoms with Crippen LogP contribution in [0.5, 0.6) is 0 Å². The number of rotatable bonds is 6. The van der Waals surface area contributed by atoms with E-state index in [9.17, 15) is 4.79 Å². The molecule has 0 aromatic rings. The smallest absolute Gasteiger partial charge is 0.224 e. The second kappa shape index (κ2) is 6.97. The highest BCUT2D eigenvalue weighted by Gasteiger charge is 2.22. The van der Waals surface area contributed by atoms with E-state index in [4.69, 9.17) is 5.73 Å². The van der Waals surface area contributed by atoms with E-state index in [1.165, 1.54) is 19.5 Å². The normalized spacial score (nSPS) is 23.0. The average molecular weight is 241 g/mol. The van der Waals surface area contributed by atoms with Crippen molar-refractivity contribution in [2.24, 2.45) is 23.5 Å². The molecule has 0 radical (unpaired) electrons. The summed E-state index contributed by atoms with van der Waals surface area (Å²) in [5, 5.41) is 3.02. The average Bonchev–Trinajstić information content (AvgIpc) is 2.64. The summed E-state index contributed by atoms with van der Waals surface area (Å²) < 4.78 is 0. The number of carbonyl (C=O) groups is 1. The lowest BCUT2D eigenvalue weighted by molar-refractivity contribution is -0.125. The van der Waals surface area contributed by atoms with Crippen LogP contribution >= 0.6 is 0 Å². The Kier molecular flexibility index (Phi) is 5.92. The Labute approximate surface area is 105 Å². The van der Waals surface area contributed by atoms with E-state index < -0.39 is 0 Å². The van der Waals surface area contributed by atoms with Crippen LogP contribution < -0.4 is 11.1 Å². The zero-order chi connectivity index (χ0) is 12.8.